The van der Waals surface area contributed by atoms with Crippen molar-refractivity contribution in [1.29, 1.82) is 0 Å². The third kappa shape index (κ3) is 5.14. The van der Waals surface area contributed by atoms with Crippen LogP contribution in [-0.2, 0) is 4.74 Å². The Morgan fingerprint density at radius 3 is 2.47 bits per heavy atom. The van der Waals surface area contributed by atoms with Crippen molar-refractivity contribution in [2.24, 2.45) is 0 Å². The smallest absolute Gasteiger partial charge is 0.343 e. The maximum absolute atomic E-state index is 13.1. The molecule has 1 aromatic carbocycles. The molecule has 1 aliphatic carbocycles. The van der Waals surface area contributed by atoms with Crippen LogP contribution in [0.3, 0.4) is 0 Å². The molecule has 0 bridgehead atoms. The van der Waals surface area contributed by atoms with Crippen molar-refractivity contribution in [1.82, 2.24) is 9.47 Å². The first-order valence-corrected chi connectivity index (χ1v) is 11.9. The molecule has 1 aromatic heterocycles. The first-order valence-electron chi connectivity index (χ1n) is 11.1. The minimum absolute atomic E-state index is 0.135. The molecule has 0 spiro atoms. The fraction of sp³-hybridized carbons (Fsp3) is 0.583. The highest BCUT2D eigenvalue weighted by Gasteiger charge is 2.22. The monoisotopic (exact) mass is 476 g/mol. The van der Waals surface area contributed by atoms with E-state index in [9.17, 15) is 9.59 Å². The highest BCUT2D eigenvalue weighted by molar-refractivity contribution is 9.10. The fourth-order valence-corrected chi connectivity index (χ4v) is 4.91. The van der Waals surface area contributed by atoms with Gasteiger partial charge in [0.05, 0.1) is 5.52 Å². The molecule has 1 fully saturated rings. The molecule has 6 heteroatoms. The van der Waals surface area contributed by atoms with Crippen molar-refractivity contribution in [3.05, 3.63) is 44.7 Å². The zero-order valence-corrected chi connectivity index (χ0v) is 20.1. The number of pyridine rings is 1. The predicted molar refractivity (Wildman–Crippen MR) is 125 cm³/mol. The van der Waals surface area contributed by atoms with Gasteiger partial charge in [0.2, 0.25) is 5.43 Å². The molecular weight excluding hydrogens is 444 g/mol. The van der Waals surface area contributed by atoms with E-state index in [0.29, 0.717) is 30.1 Å². The van der Waals surface area contributed by atoms with Gasteiger partial charge in [0, 0.05) is 40.7 Å². The summed E-state index contributed by atoms with van der Waals surface area (Å²) in [6, 6.07) is 6.67. The van der Waals surface area contributed by atoms with E-state index in [0.717, 1.165) is 22.8 Å². The second-order valence-corrected chi connectivity index (χ2v) is 9.71. The lowest BCUT2D eigenvalue weighted by molar-refractivity contribution is 0.0415. The zero-order chi connectivity index (χ0) is 21.8. The Balaban J connectivity index is 1.89. The third-order valence-corrected chi connectivity index (χ3v) is 6.59. The number of aromatic nitrogens is 1. The van der Waals surface area contributed by atoms with E-state index in [1.165, 1.54) is 19.3 Å². The van der Waals surface area contributed by atoms with Gasteiger partial charge in [-0.1, -0.05) is 35.2 Å². The maximum atomic E-state index is 13.1. The Bertz CT molecular complexity index is 937. The van der Waals surface area contributed by atoms with Gasteiger partial charge >= 0.3 is 5.97 Å². The molecule has 0 radical (unpaired) electrons. The number of halogens is 1. The molecule has 1 heterocycles. The molecule has 0 atom stereocenters. The summed E-state index contributed by atoms with van der Waals surface area (Å²) in [5.74, 6) is -0.526. The molecule has 0 aliphatic heterocycles. The number of hydrogen-bond donors (Lipinski definition) is 0. The predicted octanol–water partition coefficient (Wildman–Crippen LogP) is 5.54. The average molecular weight is 477 g/mol. The summed E-state index contributed by atoms with van der Waals surface area (Å²) >= 11 is 3.52. The maximum Gasteiger partial charge on any atom is 0.343 e. The highest BCUT2D eigenvalue weighted by atomic mass is 79.9. The topological polar surface area (TPSA) is 51.5 Å². The Hall–Kier alpha value is -1.66. The van der Waals surface area contributed by atoms with E-state index in [2.05, 4.69) is 53.1 Å². The normalized spacial score (nSPS) is 15.5. The number of benzene rings is 1. The molecule has 0 N–H and O–H groups in total. The minimum atomic E-state index is -0.526. The van der Waals surface area contributed by atoms with E-state index in [4.69, 9.17) is 4.74 Å². The van der Waals surface area contributed by atoms with Gasteiger partial charge in [0.25, 0.3) is 0 Å². The van der Waals surface area contributed by atoms with Gasteiger partial charge in [0.15, 0.2) is 0 Å². The lowest BCUT2D eigenvalue weighted by Gasteiger charge is -2.30. The molecule has 5 nitrogen and oxygen atoms in total. The van der Waals surface area contributed by atoms with Gasteiger partial charge in [-0.2, -0.15) is 0 Å². The molecule has 1 saturated carbocycles. The summed E-state index contributed by atoms with van der Waals surface area (Å²) in [6.07, 6.45) is 7.46. The van der Waals surface area contributed by atoms with Crippen molar-refractivity contribution in [2.45, 2.75) is 77.9 Å². The van der Waals surface area contributed by atoms with Crippen LogP contribution in [0.5, 0.6) is 0 Å². The van der Waals surface area contributed by atoms with Crippen molar-refractivity contribution in [3.63, 3.8) is 0 Å². The lowest BCUT2D eigenvalue weighted by Crippen LogP contribution is -2.39. The van der Waals surface area contributed by atoms with Crippen LogP contribution < -0.4 is 5.43 Å². The quantitative estimate of drug-likeness (QED) is 0.491. The Morgan fingerprint density at radius 1 is 1.17 bits per heavy atom. The van der Waals surface area contributed by atoms with Gasteiger partial charge in [-0.05, 0) is 58.7 Å². The van der Waals surface area contributed by atoms with Gasteiger partial charge in [0.1, 0.15) is 12.2 Å². The molecule has 1 aliphatic rings. The first-order chi connectivity index (χ1) is 14.3. The van der Waals surface area contributed by atoms with E-state index >= 15 is 0 Å². The van der Waals surface area contributed by atoms with Crippen LogP contribution in [0.4, 0.5) is 0 Å². The van der Waals surface area contributed by atoms with E-state index in [-0.39, 0.29) is 17.6 Å². The molecule has 0 saturated heterocycles. The summed E-state index contributed by atoms with van der Waals surface area (Å²) in [6.45, 7) is 9.45. The van der Waals surface area contributed by atoms with E-state index in [1.807, 2.05) is 12.1 Å². The van der Waals surface area contributed by atoms with Crippen LogP contribution in [0.25, 0.3) is 10.9 Å². The summed E-state index contributed by atoms with van der Waals surface area (Å²) in [4.78, 5) is 28.2. The number of nitrogens with zero attached hydrogens (tertiary/aromatic N) is 2. The number of esters is 1. The summed E-state index contributed by atoms with van der Waals surface area (Å²) in [7, 11) is 0. The summed E-state index contributed by atoms with van der Waals surface area (Å²) in [5, 5.41) is 0.573. The van der Waals surface area contributed by atoms with Gasteiger partial charge in [-0.25, -0.2) is 4.79 Å². The Kier molecular flexibility index (Phi) is 7.75. The molecule has 0 amide bonds. The third-order valence-electron chi connectivity index (χ3n) is 6.09. The van der Waals surface area contributed by atoms with Crippen molar-refractivity contribution in [2.75, 3.05) is 13.2 Å². The second kappa shape index (κ2) is 10.1. The average Bonchev–Trinajstić information content (AvgIpc) is 2.71. The molecule has 3 rings (SSSR count). The molecule has 164 valence electrons. The molecular formula is C24H33BrN2O3. The van der Waals surface area contributed by atoms with Crippen LogP contribution in [0.15, 0.2) is 33.7 Å². The highest BCUT2D eigenvalue weighted by Crippen LogP contribution is 2.31. The summed E-state index contributed by atoms with van der Waals surface area (Å²) in [5.41, 5.74) is 0.763. The SMILES string of the molecule is CC(C)N(CCOC(=O)c1cn(C2CCCCC2)c2cc(Br)ccc2c1=O)C(C)C. The zero-order valence-electron chi connectivity index (χ0n) is 18.5. The van der Waals surface area contributed by atoms with Crippen LogP contribution in [-0.4, -0.2) is 40.7 Å². The van der Waals surface area contributed by atoms with Gasteiger partial charge in [-0.3, -0.25) is 9.69 Å². The van der Waals surface area contributed by atoms with Gasteiger partial charge < -0.3 is 9.30 Å². The van der Waals surface area contributed by atoms with Crippen molar-refractivity contribution in [3.8, 4) is 0 Å². The van der Waals surface area contributed by atoms with E-state index < -0.39 is 5.97 Å². The largest absolute Gasteiger partial charge is 0.461 e. The number of ether oxygens (including phenoxy) is 1. The summed E-state index contributed by atoms with van der Waals surface area (Å²) < 4.78 is 8.61. The molecule has 30 heavy (non-hydrogen) atoms. The number of hydrogen-bond acceptors (Lipinski definition) is 4. The standard InChI is InChI=1S/C24H33BrN2O3/c1-16(2)26(17(3)4)12-13-30-24(29)21-15-27(19-8-6-5-7-9-19)22-14-18(25)10-11-20(22)23(21)28/h10-11,14-17,19H,5-9,12-13H2,1-4H3. The van der Waals surface area contributed by atoms with Crippen LogP contribution in [0.2, 0.25) is 0 Å². The molecule has 2 aromatic rings. The van der Waals surface area contributed by atoms with Gasteiger partial charge in [-0.15, -0.1) is 0 Å². The van der Waals surface area contributed by atoms with Crippen LogP contribution in [0, 0.1) is 0 Å². The second-order valence-electron chi connectivity index (χ2n) is 8.79. The van der Waals surface area contributed by atoms with Crippen LogP contribution in [0.1, 0.15) is 76.2 Å². The Morgan fingerprint density at radius 2 is 1.83 bits per heavy atom. The number of carbonyl (C=O) groups is 1. The molecule has 0 unspecified atom stereocenters. The Labute approximate surface area is 187 Å². The van der Waals surface area contributed by atoms with Crippen molar-refractivity contribution >= 4 is 32.8 Å². The number of carbonyl (C=O) groups excluding carboxylic acids is 1. The van der Waals surface area contributed by atoms with Crippen molar-refractivity contribution < 1.29 is 9.53 Å². The first kappa shape index (κ1) is 23.0. The minimum Gasteiger partial charge on any atom is -0.461 e. The van der Waals surface area contributed by atoms with Crippen LogP contribution >= 0.6 is 15.9 Å². The number of rotatable bonds is 7. The van der Waals surface area contributed by atoms with E-state index in [1.54, 1.807) is 12.3 Å². The lowest BCUT2D eigenvalue weighted by atomic mass is 9.94. The number of fused-ring (bicyclic) bond motifs is 1. The fourth-order valence-electron chi connectivity index (χ4n) is 4.56.